The highest BCUT2D eigenvalue weighted by molar-refractivity contribution is 7.18. The van der Waals surface area contributed by atoms with E-state index in [-0.39, 0.29) is 12.1 Å². The maximum absolute atomic E-state index is 13.1. The van der Waals surface area contributed by atoms with Gasteiger partial charge in [-0.05, 0) is 68.4 Å². The molecule has 0 bridgehead atoms. The van der Waals surface area contributed by atoms with Crippen molar-refractivity contribution in [3.8, 4) is 6.07 Å². The van der Waals surface area contributed by atoms with Gasteiger partial charge >= 0.3 is 0 Å². The fourth-order valence-corrected chi connectivity index (χ4v) is 5.18. The molecule has 138 valence electrons. The standard InChI is InChI=1S/C21H22N4OS/c1-13-9-14(2)11-15(10-13)23-12-18-24-20-19(21(26)25(18)8-7-22)16-5-3-4-6-17(16)27-20/h9-11,23H,3-6,8,12H2,1-2H3. The van der Waals surface area contributed by atoms with Crippen LogP contribution in [0.2, 0.25) is 0 Å². The number of fused-ring (bicyclic) bond motifs is 3. The molecule has 1 aliphatic carbocycles. The van der Waals surface area contributed by atoms with E-state index in [0.717, 1.165) is 35.2 Å². The Morgan fingerprint density at radius 3 is 2.70 bits per heavy atom. The number of anilines is 1. The van der Waals surface area contributed by atoms with Crippen molar-refractivity contribution < 1.29 is 0 Å². The van der Waals surface area contributed by atoms with Gasteiger partial charge < -0.3 is 5.32 Å². The zero-order valence-electron chi connectivity index (χ0n) is 15.6. The SMILES string of the molecule is Cc1cc(C)cc(NCc2nc3sc4c(c3c(=O)n2CC#N)CCCC4)c1. The van der Waals surface area contributed by atoms with Gasteiger partial charge in [0.2, 0.25) is 0 Å². The molecule has 2 aromatic heterocycles. The van der Waals surface area contributed by atoms with Crippen molar-refractivity contribution in [3.63, 3.8) is 0 Å². The van der Waals surface area contributed by atoms with E-state index in [0.29, 0.717) is 12.4 Å². The molecule has 0 amide bonds. The van der Waals surface area contributed by atoms with Crippen LogP contribution in [0.1, 0.15) is 40.2 Å². The quantitative estimate of drug-likeness (QED) is 0.742. The highest BCUT2D eigenvalue weighted by atomic mass is 32.1. The summed E-state index contributed by atoms with van der Waals surface area (Å²) < 4.78 is 1.53. The van der Waals surface area contributed by atoms with E-state index >= 15 is 0 Å². The van der Waals surface area contributed by atoms with Crippen LogP contribution in [0.15, 0.2) is 23.0 Å². The van der Waals surface area contributed by atoms with Crippen molar-refractivity contribution in [1.29, 1.82) is 5.26 Å². The third-order valence-electron chi connectivity index (χ3n) is 5.06. The molecule has 4 rings (SSSR count). The van der Waals surface area contributed by atoms with Crippen molar-refractivity contribution in [2.75, 3.05) is 5.32 Å². The molecule has 27 heavy (non-hydrogen) atoms. The Balaban J connectivity index is 1.76. The lowest BCUT2D eigenvalue weighted by molar-refractivity contribution is 0.692. The van der Waals surface area contributed by atoms with Crippen molar-refractivity contribution in [2.45, 2.75) is 52.6 Å². The zero-order chi connectivity index (χ0) is 19.0. The summed E-state index contributed by atoms with van der Waals surface area (Å²) in [6.07, 6.45) is 4.27. The summed E-state index contributed by atoms with van der Waals surface area (Å²) in [5.74, 6) is 0.617. The predicted octanol–water partition coefficient (Wildman–Crippen LogP) is 4.09. The van der Waals surface area contributed by atoms with Gasteiger partial charge in [0, 0.05) is 10.6 Å². The molecular weight excluding hydrogens is 356 g/mol. The maximum atomic E-state index is 13.1. The summed E-state index contributed by atoms with van der Waals surface area (Å²) in [5, 5.41) is 13.3. The number of rotatable bonds is 4. The Morgan fingerprint density at radius 1 is 1.22 bits per heavy atom. The predicted molar refractivity (Wildman–Crippen MR) is 109 cm³/mol. The number of nitrogens with zero attached hydrogens (tertiary/aromatic N) is 3. The fraction of sp³-hybridized carbons (Fsp3) is 0.381. The number of aromatic nitrogens is 2. The normalized spacial score (nSPS) is 13.4. The number of aryl methyl sites for hydroxylation is 4. The number of thiophene rings is 1. The van der Waals surface area contributed by atoms with Gasteiger partial charge in [0.15, 0.2) is 0 Å². The second-order valence-corrected chi connectivity index (χ2v) is 8.28. The molecule has 3 aromatic rings. The summed E-state index contributed by atoms with van der Waals surface area (Å²) in [5.41, 5.74) is 4.45. The van der Waals surface area contributed by atoms with E-state index in [1.165, 1.54) is 32.6 Å². The van der Waals surface area contributed by atoms with Crippen LogP contribution in [0.25, 0.3) is 10.2 Å². The zero-order valence-corrected chi connectivity index (χ0v) is 16.4. The molecule has 0 radical (unpaired) electrons. The molecule has 2 heterocycles. The van der Waals surface area contributed by atoms with Crippen LogP contribution in [0.3, 0.4) is 0 Å². The third-order valence-corrected chi connectivity index (χ3v) is 6.24. The van der Waals surface area contributed by atoms with Gasteiger partial charge in [-0.1, -0.05) is 6.07 Å². The van der Waals surface area contributed by atoms with Gasteiger partial charge in [0.05, 0.1) is 18.0 Å². The summed E-state index contributed by atoms with van der Waals surface area (Å²) in [6.45, 7) is 4.56. The Labute approximate surface area is 162 Å². The molecule has 0 atom stereocenters. The van der Waals surface area contributed by atoms with Crippen LogP contribution in [-0.4, -0.2) is 9.55 Å². The smallest absolute Gasteiger partial charge is 0.263 e. The van der Waals surface area contributed by atoms with Gasteiger partial charge in [-0.3, -0.25) is 9.36 Å². The van der Waals surface area contributed by atoms with E-state index in [1.807, 2.05) is 0 Å². The van der Waals surface area contributed by atoms with Crippen molar-refractivity contribution >= 4 is 27.2 Å². The van der Waals surface area contributed by atoms with Crippen LogP contribution in [-0.2, 0) is 25.9 Å². The summed E-state index contributed by atoms with van der Waals surface area (Å²) in [4.78, 5) is 20.0. The van der Waals surface area contributed by atoms with E-state index in [9.17, 15) is 10.1 Å². The molecule has 0 fully saturated rings. The molecule has 0 aliphatic heterocycles. The first kappa shape index (κ1) is 17.7. The average Bonchev–Trinajstić information content (AvgIpc) is 3.00. The lowest BCUT2D eigenvalue weighted by Gasteiger charge is -2.13. The monoisotopic (exact) mass is 378 g/mol. The number of benzene rings is 1. The molecule has 0 saturated carbocycles. The van der Waals surface area contributed by atoms with Crippen molar-refractivity contribution in [2.24, 2.45) is 0 Å². The minimum absolute atomic E-state index is 0.0241. The molecular formula is C21H22N4OS. The van der Waals surface area contributed by atoms with Gasteiger partial charge in [-0.15, -0.1) is 11.3 Å². The molecule has 1 aromatic carbocycles. The summed E-state index contributed by atoms with van der Waals surface area (Å²) in [6, 6.07) is 8.38. The first-order valence-electron chi connectivity index (χ1n) is 9.30. The number of nitrogens with one attached hydrogen (secondary N) is 1. The van der Waals surface area contributed by atoms with Gasteiger partial charge in [0.25, 0.3) is 5.56 Å². The first-order valence-corrected chi connectivity index (χ1v) is 10.1. The van der Waals surface area contributed by atoms with Crippen LogP contribution < -0.4 is 10.9 Å². The van der Waals surface area contributed by atoms with Crippen molar-refractivity contribution in [1.82, 2.24) is 9.55 Å². The molecule has 6 heteroatoms. The lowest BCUT2D eigenvalue weighted by atomic mass is 9.97. The van der Waals surface area contributed by atoms with E-state index in [2.05, 4.69) is 43.4 Å². The van der Waals surface area contributed by atoms with Gasteiger partial charge in [0.1, 0.15) is 17.2 Å². The Morgan fingerprint density at radius 2 is 1.96 bits per heavy atom. The summed E-state index contributed by atoms with van der Waals surface area (Å²) >= 11 is 1.65. The first-order chi connectivity index (χ1) is 13.1. The second-order valence-electron chi connectivity index (χ2n) is 7.20. The number of nitriles is 1. The molecule has 0 unspecified atom stereocenters. The lowest BCUT2D eigenvalue weighted by Crippen LogP contribution is -2.26. The van der Waals surface area contributed by atoms with Crippen molar-refractivity contribution in [3.05, 3.63) is 55.9 Å². The molecule has 5 nitrogen and oxygen atoms in total. The Hall–Kier alpha value is -2.65. The minimum Gasteiger partial charge on any atom is -0.378 e. The molecule has 0 spiro atoms. The number of hydrogen-bond donors (Lipinski definition) is 1. The molecule has 1 N–H and O–H groups in total. The maximum Gasteiger partial charge on any atom is 0.263 e. The van der Waals surface area contributed by atoms with Gasteiger partial charge in [-0.2, -0.15) is 5.26 Å². The molecule has 1 aliphatic rings. The van der Waals surface area contributed by atoms with Crippen LogP contribution in [0.4, 0.5) is 5.69 Å². The third kappa shape index (κ3) is 3.35. The highest BCUT2D eigenvalue weighted by Crippen LogP contribution is 2.33. The van der Waals surface area contributed by atoms with E-state index < -0.39 is 0 Å². The van der Waals surface area contributed by atoms with Crippen LogP contribution >= 0.6 is 11.3 Å². The van der Waals surface area contributed by atoms with E-state index in [4.69, 9.17) is 4.98 Å². The largest absolute Gasteiger partial charge is 0.378 e. The van der Waals surface area contributed by atoms with Crippen LogP contribution in [0.5, 0.6) is 0 Å². The van der Waals surface area contributed by atoms with E-state index in [1.54, 1.807) is 11.3 Å². The highest BCUT2D eigenvalue weighted by Gasteiger charge is 2.21. The topological polar surface area (TPSA) is 70.7 Å². The van der Waals surface area contributed by atoms with Gasteiger partial charge in [-0.25, -0.2) is 4.98 Å². The fourth-order valence-electron chi connectivity index (χ4n) is 3.91. The second kappa shape index (κ2) is 7.16. The summed E-state index contributed by atoms with van der Waals surface area (Å²) in [7, 11) is 0. The van der Waals surface area contributed by atoms with Crippen LogP contribution in [0, 0.1) is 25.2 Å². The number of hydrogen-bond acceptors (Lipinski definition) is 5. The minimum atomic E-state index is -0.0711. The average molecular weight is 379 g/mol. The Bertz CT molecular complexity index is 1100. The Kier molecular flexibility index (Phi) is 4.71. The molecule has 0 saturated heterocycles.